The largest absolute Gasteiger partial charge is 0.445 e. The van der Waals surface area contributed by atoms with Crippen molar-refractivity contribution >= 4 is 28.4 Å². The van der Waals surface area contributed by atoms with Gasteiger partial charge in [-0.25, -0.2) is 9.18 Å². The number of piperidine rings is 1. The number of carbonyl (C=O) groups is 1. The van der Waals surface area contributed by atoms with Crippen molar-refractivity contribution in [3.05, 3.63) is 66.1 Å². The normalized spacial score (nSPS) is 17.4. The first-order chi connectivity index (χ1) is 19.2. The summed E-state index contributed by atoms with van der Waals surface area (Å²) in [5.74, 6) is -0.126. The number of benzene rings is 2. The summed E-state index contributed by atoms with van der Waals surface area (Å²) in [6.45, 7) is -0.600. The maximum absolute atomic E-state index is 14.6. The lowest BCUT2D eigenvalue weighted by atomic mass is 10.1. The van der Waals surface area contributed by atoms with E-state index in [4.69, 9.17) is 9.26 Å². The van der Waals surface area contributed by atoms with Gasteiger partial charge in [0.05, 0.1) is 22.6 Å². The number of carbonyl (C=O) groups excluding carboxylic acids is 1. The van der Waals surface area contributed by atoms with Crippen molar-refractivity contribution in [1.29, 1.82) is 0 Å². The average molecular weight is 559 g/mol. The molecule has 2 aromatic carbocycles. The van der Waals surface area contributed by atoms with Crippen LogP contribution >= 0.6 is 0 Å². The van der Waals surface area contributed by atoms with Crippen LogP contribution in [0.25, 0.3) is 22.4 Å². The molecule has 5 rings (SSSR count). The maximum atomic E-state index is 14.6. The third kappa shape index (κ3) is 6.47. The highest BCUT2D eigenvalue weighted by molar-refractivity contribution is 5.99. The molecule has 210 valence electrons. The lowest BCUT2D eigenvalue weighted by molar-refractivity contribution is -0.139. The van der Waals surface area contributed by atoms with Gasteiger partial charge in [0, 0.05) is 24.9 Å². The smallest absolute Gasteiger partial charge is 0.407 e. The van der Waals surface area contributed by atoms with Crippen LogP contribution in [0.15, 0.2) is 64.1 Å². The van der Waals surface area contributed by atoms with Crippen molar-refractivity contribution in [2.75, 3.05) is 20.1 Å². The Kier molecular flexibility index (Phi) is 7.83. The van der Waals surface area contributed by atoms with Gasteiger partial charge in [0.2, 0.25) is 11.7 Å². The Morgan fingerprint density at radius 3 is 2.75 bits per heavy atom. The second-order valence-corrected chi connectivity index (χ2v) is 9.45. The van der Waals surface area contributed by atoms with Gasteiger partial charge in [-0.1, -0.05) is 41.6 Å². The molecule has 1 amide bonds. The number of hydrogen-bond acceptors (Lipinski definition) is 7. The molecule has 9 nitrogen and oxygen atoms in total. The SMILES string of the molecule is CN1CCC(=Nc2cccc3c2cc(-c2noc(CNC(=O)OCc4ccccc4)n2)n3CC(F)(F)F)[C@@H](F)C1. The summed E-state index contributed by atoms with van der Waals surface area (Å²) in [6, 6.07) is 15.3. The highest BCUT2D eigenvalue weighted by Gasteiger charge is 2.31. The molecular weight excluding hydrogens is 532 g/mol. The van der Waals surface area contributed by atoms with Crippen molar-refractivity contribution < 1.29 is 31.6 Å². The number of halogens is 4. The Morgan fingerprint density at radius 1 is 1.20 bits per heavy atom. The third-order valence-corrected chi connectivity index (χ3v) is 6.40. The molecule has 1 saturated heterocycles. The summed E-state index contributed by atoms with van der Waals surface area (Å²) in [5.41, 5.74) is 1.79. The molecule has 0 bridgehead atoms. The zero-order chi connectivity index (χ0) is 28.3. The Morgan fingerprint density at radius 2 is 2.00 bits per heavy atom. The van der Waals surface area contributed by atoms with Crippen LogP contribution in [0.1, 0.15) is 17.9 Å². The molecule has 0 aliphatic carbocycles. The standard InChI is InChI=1S/C27H26F4N6O3/c1-36-11-10-21(19(28)14-36)33-20-8-5-9-22-18(20)12-23(37(22)16-27(29,30)31)25-34-24(40-35-25)13-32-26(38)39-15-17-6-3-2-4-7-17/h2-9,12,19H,10-11,13-16H2,1H3,(H,32,38)/t19-/m0/s1. The number of aliphatic imine (C=N–C) groups is 1. The van der Waals surface area contributed by atoms with Gasteiger partial charge in [-0.2, -0.15) is 18.2 Å². The van der Waals surface area contributed by atoms with Crippen LogP contribution in [0, 0.1) is 0 Å². The maximum Gasteiger partial charge on any atom is 0.407 e. The number of nitrogens with zero attached hydrogens (tertiary/aromatic N) is 5. The molecule has 0 radical (unpaired) electrons. The summed E-state index contributed by atoms with van der Waals surface area (Å²) >= 11 is 0. The summed E-state index contributed by atoms with van der Waals surface area (Å²) in [6.07, 6.45) is -6.12. The second kappa shape index (κ2) is 11.5. The van der Waals surface area contributed by atoms with Crippen LogP contribution in [-0.4, -0.2) is 63.9 Å². The number of alkyl carbamates (subject to hydrolysis) is 1. The predicted octanol–water partition coefficient (Wildman–Crippen LogP) is 5.43. The van der Waals surface area contributed by atoms with Gasteiger partial charge in [0.1, 0.15) is 19.7 Å². The minimum absolute atomic E-state index is 0.0254. The first-order valence-electron chi connectivity index (χ1n) is 12.5. The van der Waals surface area contributed by atoms with Crippen LogP contribution < -0.4 is 5.32 Å². The molecule has 1 atom stereocenters. The Bertz CT molecular complexity index is 1520. The summed E-state index contributed by atoms with van der Waals surface area (Å²) < 4.78 is 66.7. The minimum Gasteiger partial charge on any atom is -0.445 e. The number of likely N-dealkylation sites (tertiary alicyclic amines) is 1. The molecule has 0 spiro atoms. The van der Waals surface area contributed by atoms with Crippen LogP contribution in [0.5, 0.6) is 0 Å². The first-order valence-corrected chi connectivity index (χ1v) is 12.5. The fraction of sp³-hybridized carbons (Fsp3) is 0.333. The fourth-order valence-corrected chi connectivity index (χ4v) is 4.47. The first kappa shape index (κ1) is 27.3. The van der Waals surface area contributed by atoms with Gasteiger partial charge in [0.25, 0.3) is 0 Å². The molecule has 3 heterocycles. The topological polar surface area (TPSA) is 97.8 Å². The molecule has 13 heteroatoms. The number of alkyl halides is 4. The monoisotopic (exact) mass is 558 g/mol. The van der Waals surface area contributed by atoms with Gasteiger partial charge in [-0.3, -0.25) is 4.99 Å². The van der Waals surface area contributed by atoms with E-state index in [0.717, 1.165) is 10.1 Å². The Balaban J connectivity index is 1.39. The second-order valence-electron chi connectivity index (χ2n) is 9.45. The lowest BCUT2D eigenvalue weighted by Gasteiger charge is -2.26. The predicted molar refractivity (Wildman–Crippen MR) is 139 cm³/mol. The van der Waals surface area contributed by atoms with Gasteiger partial charge in [-0.15, -0.1) is 0 Å². The molecule has 1 aliphatic heterocycles. The summed E-state index contributed by atoms with van der Waals surface area (Å²) in [5, 5.41) is 6.71. The highest BCUT2D eigenvalue weighted by Crippen LogP contribution is 2.35. The minimum atomic E-state index is -4.54. The van der Waals surface area contributed by atoms with E-state index in [2.05, 4.69) is 20.4 Å². The molecule has 2 aromatic heterocycles. The molecule has 0 saturated carbocycles. The van der Waals surface area contributed by atoms with E-state index in [0.29, 0.717) is 29.8 Å². The van der Waals surface area contributed by atoms with E-state index < -0.39 is 25.0 Å². The zero-order valence-corrected chi connectivity index (χ0v) is 21.5. The summed E-state index contributed by atoms with van der Waals surface area (Å²) in [4.78, 5) is 22.6. The number of fused-ring (bicyclic) bond motifs is 1. The third-order valence-electron chi connectivity index (χ3n) is 6.40. The average Bonchev–Trinajstić information content (AvgIpc) is 3.53. The Hall–Kier alpha value is -4.26. The van der Waals surface area contributed by atoms with Gasteiger partial charge >= 0.3 is 12.3 Å². The van der Waals surface area contributed by atoms with E-state index in [1.807, 2.05) is 30.1 Å². The Labute approximate surface area is 226 Å². The van der Waals surface area contributed by atoms with Crippen molar-refractivity contribution in [2.45, 2.75) is 38.5 Å². The van der Waals surface area contributed by atoms with Crippen LogP contribution in [0.4, 0.5) is 28.0 Å². The van der Waals surface area contributed by atoms with Crippen molar-refractivity contribution in [2.24, 2.45) is 4.99 Å². The number of aromatic nitrogens is 3. The number of nitrogens with one attached hydrogen (secondary N) is 1. The van der Waals surface area contributed by atoms with Crippen molar-refractivity contribution in [3.63, 3.8) is 0 Å². The summed E-state index contributed by atoms with van der Waals surface area (Å²) in [7, 11) is 1.82. The molecule has 1 fully saturated rings. The molecule has 40 heavy (non-hydrogen) atoms. The fourth-order valence-electron chi connectivity index (χ4n) is 4.47. The number of ether oxygens (including phenoxy) is 1. The molecule has 1 aliphatic rings. The highest BCUT2D eigenvalue weighted by atomic mass is 19.4. The van der Waals surface area contributed by atoms with Crippen LogP contribution in [0.3, 0.4) is 0 Å². The number of hydrogen-bond donors (Lipinski definition) is 1. The zero-order valence-electron chi connectivity index (χ0n) is 21.5. The van der Waals surface area contributed by atoms with Gasteiger partial charge in [-0.05, 0) is 30.8 Å². The number of amides is 1. The quantitative estimate of drug-likeness (QED) is 0.304. The van der Waals surface area contributed by atoms with Crippen molar-refractivity contribution in [3.8, 4) is 11.5 Å². The van der Waals surface area contributed by atoms with Gasteiger partial charge in [0.15, 0.2) is 6.17 Å². The van der Waals surface area contributed by atoms with Crippen LogP contribution in [-0.2, 0) is 24.4 Å². The molecule has 1 N–H and O–H groups in total. The van der Waals surface area contributed by atoms with E-state index in [1.165, 1.54) is 12.1 Å². The van der Waals surface area contributed by atoms with Gasteiger partial charge < -0.3 is 24.0 Å². The van der Waals surface area contributed by atoms with E-state index >= 15 is 0 Å². The number of rotatable bonds is 7. The van der Waals surface area contributed by atoms with Crippen LogP contribution in [0.2, 0.25) is 0 Å². The molecule has 4 aromatic rings. The van der Waals surface area contributed by atoms with E-state index in [-0.39, 0.29) is 42.6 Å². The molecular formula is C27H26F4N6O3. The van der Waals surface area contributed by atoms with E-state index in [9.17, 15) is 22.4 Å². The van der Waals surface area contributed by atoms with Crippen molar-refractivity contribution in [1.82, 2.24) is 24.9 Å². The lowest BCUT2D eigenvalue weighted by Crippen LogP contribution is -2.39. The molecule has 0 unspecified atom stereocenters. The van der Waals surface area contributed by atoms with E-state index in [1.54, 1.807) is 24.3 Å².